The van der Waals surface area contributed by atoms with Crippen molar-refractivity contribution in [2.75, 3.05) is 0 Å². The van der Waals surface area contributed by atoms with E-state index in [1.54, 1.807) is 36.6 Å². The Kier molecular flexibility index (Phi) is 8.75. The first-order valence-corrected chi connectivity index (χ1v) is 10.5. The Morgan fingerprint density at radius 3 is 2.18 bits per heavy atom. The number of allylic oxidation sites excluding steroid dienone is 3. The van der Waals surface area contributed by atoms with Crippen LogP contribution >= 0.6 is 11.3 Å². The predicted octanol–water partition coefficient (Wildman–Crippen LogP) is 5.52. The molecule has 0 saturated heterocycles. The molecular formula is C22H22F6O4S. The van der Waals surface area contributed by atoms with E-state index in [4.69, 9.17) is 4.74 Å². The van der Waals surface area contributed by atoms with Crippen LogP contribution in [-0.2, 0) is 19.8 Å². The molecular weight excluding hydrogens is 474 g/mol. The second kappa shape index (κ2) is 10.7. The van der Waals surface area contributed by atoms with Crippen molar-refractivity contribution in [3.05, 3.63) is 69.4 Å². The SMILES string of the molecule is CC/C(=C/C=C\C(O)(C(F)(F)F)C(F)(F)F)c1csc(COc2ccc(CO)c(CO)c2)c1. The van der Waals surface area contributed by atoms with Crippen LogP contribution in [0.1, 0.15) is 34.9 Å². The fourth-order valence-corrected chi connectivity index (χ4v) is 3.66. The minimum atomic E-state index is -5.92. The number of ether oxygens (including phenoxy) is 1. The number of benzene rings is 1. The molecule has 2 aromatic rings. The Labute approximate surface area is 190 Å². The van der Waals surface area contributed by atoms with Gasteiger partial charge in [0, 0.05) is 4.88 Å². The molecule has 182 valence electrons. The summed E-state index contributed by atoms with van der Waals surface area (Å²) < 4.78 is 82.3. The molecule has 33 heavy (non-hydrogen) atoms. The number of rotatable bonds is 9. The minimum Gasteiger partial charge on any atom is -0.488 e. The minimum absolute atomic E-state index is 0.142. The second-order valence-corrected chi connectivity index (χ2v) is 8.00. The third-order valence-corrected chi connectivity index (χ3v) is 5.71. The number of thiophene rings is 1. The average molecular weight is 496 g/mol. The normalized spacial score (nSPS) is 13.7. The Bertz CT molecular complexity index is 978. The predicted molar refractivity (Wildman–Crippen MR) is 111 cm³/mol. The summed E-state index contributed by atoms with van der Waals surface area (Å²) in [6.45, 7) is 1.33. The second-order valence-electron chi connectivity index (χ2n) is 7.00. The van der Waals surface area contributed by atoms with Crippen molar-refractivity contribution >= 4 is 16.9 Å². The fourth-order valence-electron chi connectivity index (χ4n) is 2.84. The van der Waals surface area contributed by atoms with Crippen molar-refractivity contribution in [2.24, 2.45) is 0 Å². The molecule has 0 radical (unpaired) electrons. The van der Waals surface area contributed by atoms with Gasteiger partial charge in [0.25, 0.3) is 5.60 Å². The first-order chi connectivity index (χ1) is 15.4. The number of aliphatic hydroxyl groups excluding tert-OH is 2. The lowest BCUT2D eigenvalue weighted by molar-refractivity contribution is -0.347. The molecule has 1 aromatic carbocycles. The van der Waals surface area contributed by atoms with Gasteiger partial charge < -0.3 is 20.1 Å². The van der Waals surface area contributed by atoms with Gasteiger partial charge >= 0.3 is 12.4 Å². The summed E-state index contributed by atoms with van der Waals surface area (Å²) in [4.78, 5) is 0.743. The van der Waals surface area contributed by atoms with E-state index in [0.717, 1.165) is 11.0 Å². The van der Waals surface area contributed by atoms with Gasteiger partial charge in [0.15, 0.2) is 0 Å². The number of halogens is 6. The lowest BCUT2D eigenvalue weighted by Gasteiger charge is -2.29. The van der Waals surface area contributed by atoms with Crippen molar-refractivity contribution < 1.29 is 46.4 Å². The molecule has 0 fully saturated rings. The summed E-state index contributed by atoms with van der Waals surface area (Å²) in [6.07, 6.45) is -10.2. The molecule has 0 amide bonds. The third-order valence-electron chi connectivity index (χ3n) is 4.80. The van der Waals surface area contributed by atoms with Crippen LogP contribution in [0.25, 0.3) is 5.57 Å². The first kappa shape index (κ1) is 26.9. The van der Waals surface area contributed by atoms with E-state index >= 15 is 0 Å². The topological polar surface area (TPSA) is 69.9 Å². The van der Waals surface area contributed by atoms with Crippen molar-refractivity contribution in [1.29, 1.82) is 0 Å². The van der Waals surface area contributed by atoms with Crippen LogP contribution in [0, 0.1) is 0 Å². The Hall–Kier alpha value is -2.34. The lowest BCUT2D eigenvalue weighted by Crippen LogP contribution is -2.55. The van der Waals surface area contributed by atoms with E-state index in [2.05, 4.69) is 0 Å². The largest absolute Gasteiger partial charge is 0.488 e. The molecule has 0 unspecified atom stereocenters. The van der Waals surface area contributed by atoms with Crippen molar-refractivity contribution in [1.82, 2.24) is 0 Å². The van der Waals surface area contributed by atoms with Crippen LogP contribution in [-0.4, -0.2) is 33.3 Å². The maximum absolute atomic E-state index is 12.8. The molecule has 0 saturated carbocycles. The van der Waals surface area contributed by atoms with Gasteiger partial charge in [0.2, 0.25) is 0 Å². The van der Waals surface area contributed by atoms with E-state index in [9.17, 15) is 41.7 Å². The zero-order valence-corrected chi connectivity index (χ0v) is 18.2. The molecule has 11 heteroatoms. The Morgan fingerprint density at radius 2 is 1.64 bits per heavy atom. The highest BCUT2D eigenvalue weighted by Crippen LogP contribution is 2.44. The molecule has 0 spiro atoms. The molecule has 0 aliphatic carbocycles. The van der Waals surface area contributed by atoms with Crippen LogP contribution in [0.5, 0.6) is 5.75 Å². The van der Waals surface area contributed by atoms with Crippen molar-refractivity contribution in [2.45, 2.75) is 51.1 Å². The molecule has 2 rings (SSSR count). The van der Waals surface area contributed by atoms with Crippen molar-refractivity contribution in [3.63, 3.8) is 0 Å². The highest BCUT2D eigenvalue weighted by Gasteiger charge is 2.68. The maximum atomic E-state index is 12.8. The van der Waals surface area contributed by atoms with E-state index in [0.29, 0.717) is 40.5 Å². The molecule has 0 aliphatic heterocycles. The molecule has 4 nitrogen and oxygen atoms in total. The number of alkyl halides is 6. The molecule has 3 N–H and O–H groups in total. The highest BCUT2D eigenvalue weighted by molar-refractivity contribution is 7.10. The molecule has 1 heterocycles. The Morgan fingerprint density at radius 1 is 1.00 bits per heavy atom. The first-order valence-electron chi connectivity index (χ1n) is 9.64. The smallest absolute Gasteiger partial charge is 0.430 e. The van der Waals surface area contributed by atoms with Gasteiger partial charge in [0.05, 0.1) is 13.2 Å². The van der Waals surface area contributed by atoms with E-state index in [1.165, 1.54) is 11.3 Å². The third kappa shape index (κ3) is 6.38. The van der Waals surface area contributed by atoms with Gasteiger partial charge in [-0.3, -0.25) is 0 Å². The standard InChI is InChI=1S/C22H22F6O4S/c1-2-14(4-3-7-20(31,21(23,24)25)22(26,27)28)17-9-19(33-13-17)12-32-18-6-5-15(10-29)16(8-18)11-30/h3-9,13,29-31H,2,10-12H2,1H3/b7-3-,14-4-. The van der Waals surface area contributed by atoms with Gasteiger partial charge in [-0.25, -0.2) is 0 Å². The summed E-state index contributed by atoms with van der Waals surface area (Å²) in [5.41, 5.74) is -2.79. The van der Waals surface area contributed by atoms with E-state index in [-0.39, 0.29) is 25.9 Å². The van der Waals surface area contributed by atoms with E-state index in [1.807, 2.05) is 0 Å². The fraction of sp³-hybridized carbons (Fsp3) is 0.364. The Balaban J connectivity index is 2.15. The van der Waals surface area contributed by atoms with Crippen LogP contribution in [0.3, 0.4) is 0 Å². The van der Waals surface area contributed by atoms with Gasteiger partial charge in [-0.2, -0.15) is 26.3 Å². The van der Waals surface area contributed by atoms with Gasteiger partial charge in [0.1, 0.15) is 12.4 Å². The van der Waals surface area contributed by atoms with Gasteiger partial charge in [-0.05, 0) is 58.3 Å². The van der Waals surface area contributed by atoms with Crippen LogP contribution in [0.15, 0.2) is 47.9 Å². The number of hydrogen-bond donors (Lipinski definition) is 3. The summed E-state index contributed by atoms with van der Waals surface area (Å²) in [6, 6.07) is 6.53. The summed E-state index contributed by atoms with van der Waals surface area (Å²) in [5.74, 6) is 0.457. The summed E-state index contributed by atoms with van der Waals surface area (Å²) >= 11 is 1.29. The summed E-state index contributed by atoms with van der Waals surface area (Å²) in [5, 5.41) is 29.4. The number of aliphatic hydroxyl groups is 3. The maximum Gasteiger partial charge on any atom is 0.430 e. The molecule has 0 aliphatic rings. The highest BCUT2D eigenvalue weighted by atomic mass is 32.1. The lowest BCUT2D eigenvalue weighted by atomic mass is 10.0. The quantitative estimate of drug-likeness (QED) is 0.316. The summed E-state index contributed by atoms with van der Waals surface area (Å²) in [7, 11) is 0. The van der Waals surface area contributed by atoms with Crippen LogP contribution < -0.4 is 4.74 Å². The average Bonchev–Trinajstić information content (AvgIpc) is 3.22. The monoisotopic (exact) mass is 496 g/mol. The molecule has 1 aromatic heterocycles. The van der Waals surface area contributed by atoms with Crippen LogP contribution in [0.2, 0.25) is 0 Å². The van der Waals surface area contributed by atoms with E-state index < -0.39 is 18.0 Å². The molecule has 0 bridgehead atoms. The molecule has 0 atom stereocenters. The van der Waals surface area contributed by atoms with Gasteiger partial charge in [-0.15, -0.1) is 11.3 Å². The zero-order valence-electron chi connectivity index (χ0n) is 17.4. The van der Waals surface area contributed by atoms with Crippen LogP contribution in [0.4, 0.5) is 26.3 Å². The van der Waals surface area contributed by atoms with Gasteiger partial charge in [-0.1, -0.05) is 25.1 Å². The zero-order chi connectivity index (χ0) is 24.9. The number of hydrogen-bond acceptors (Lipinski definition) is 5. The van der Waals surface area contributed by atoms with Crippen molar-refractivity contribution in [3.8, 4) is 5.75 Å².